The fraction of sp³-hybridized carbons (Fsp3) is 0.250. The SMILES string of the molecule is CN(C(=O)c1cc[nH]c(=O)c1)C(CCO)c1ccccc1. The van der Waals surface area contributed by atoms with Crippen molar-refractivity contribution in [2.75, 3.05) is 13.7 Å². The van der Waals surface area contributed by atoms with Crippen LogP contribution in [-0.4, -0.2) is 34.6 Å². The Hall–Kier alpha value is -2.40. The molecule has 1 heterocycles. The molecule has 0 saturated carbocycles. The lowest BCUT2D eigenvalue weighted by molar-refractivity contribution is 0.0705. The first kappa shape index (κ1) is 15.0. The average Bonchev–Trinajstić information content (AvgIpc) is 2.52. The Kier molecular flexibility index (Phi) is 4.90. The zero-order valence-electron chi connectivity index (χ0n) is 11.8. The number of benzene rings is 1. The molecule has 2 aromatic rings. The molecule has 0 aliphatic heterocycles. The van der Waals surface area contributed by atoms with Gasteiger partial charge in [0.15, 0.2) is 0 Å². The molecule has 5 nitrogen and oxygen atoms in total. The summed E-state index contributed by atoms with van der Waals surface area (Å²) in [4.78, 5) is 27.8. The number of hydrogen-bond acceptors (Lipinski definition) is 3. The van der Waals surface area contributed by atoms with Gasteiger partial charge in [-0.1, -0.05) is 30.3 Å². The maximum atomic E-state index is 12.5. The van der Waals surface area contributed by atoms with Gasteiger partial charge in [0.25, 0.3) is 5.91 Å². The van der Waals surface area contributed by atoms with Gasteiger partial charge in [-0.25, -0.2) is 0 Å². The van der Waals surface area contributed by atoms with E-state index in [1.165, 1.54) is 12.3 Å². The average molecular weight is 286 g/mol. The molecule has 1 unspecified atom stereocenters. The number of amides is 1. The minimum Gasteiger partial charge on any atom is -0.396 e. The molecule has 2 rings (SSSR count). The third kappa shape index (κ3) is 3.58. The lowest BCUT2D eigenvalue weighted by Gasteiger charge is -2.28. The topological polar surface area (TPSA) is 73.4 Å². The van der Waals surface area contributed by atoms with Gasteiger partial charge in [-0.15, -0.1) is 0 Å². The molecule has 5 heteroatoms. The van der Waals surface area contributed by atoms with E-state index in [0.717, 1.165) is 5.56 Å². The van der Waals surface area contributed by atoms with Gasteiger partial charge < -0.3 is 15.0 Å². The van der Waals surface area contributed by atoms with Gasteiger partial charge in [0.2, 0.25) is 5.56 Å². The molecule has 1 aromatic carbocycles. The molecule has 2 N–H and O–H groups in total. The first-order valence-corrected chi connectivity index (χ1v) is 6.75. The molecular formula is C16H18N2O3. The first-order chi connectivity index (χ1) is 10.1. The quantitative estimate of drug-likeness (QED) is 0.876. The van der Waals surface area contributed by atoms with Crippen LogP contribution in [0.1, 0.15) is 28.4 Å². The Labute approximate surface area is 122 Å². The zero-order valence-corrected chi connectivity index (χ0v) is 11.8. The number of carbonyl (C=O) groups excluding carboxylic acids is 1. The van der Waals surface area contributed by atoms with E-state index >= 15 is 0 Å². The van der Waals surface area contributed by atoms with Crippen LogP contribution in [0.2, 0.25) is 0 Å². The highest BCUT2D eigenvalue weighted by Gasteiger charge is 2.22. The summed E-state index contributed by atoms with van der Waals surface area (Å²) in [5.74, 6) is -0.247. The van der Waals surface area contributed by atoms with Gasteiger partial charge in [-0.3, -0.25) is 9.59 Å². The van der Waals surface area contributed by atoms with Crippen LogP contribution in [0.3, 0.4) is 0 Å². The van der Waals surface area contributed by atoms with E-state index in [-0.39, 0.29) is 24.1 Å². The number of pyridine rings is 1. The van der Waals surface area contributed by atoms with E-state index in [2.05, 4.69) is 4.98 Å². The summed E-state index contributed by atoms with van der Waals surface area (Å²) in [6.45, 7) is -0.0213. The van der Waals surface area contributed by atoms with Crippen molar-refractivity contribution in [2.45, 2.75) is 12.5 Å². The van der Waals surface area contributed by atoms with Gasteiger partial charge >= 0.3 is 0 Å². The number of hydrogen-bond donors (Lipinski definition) is 2. The Bertz CT molecular complexity index is 652. The minimum absolute atomic E-state index is 0.0213. The van der Waals surface area contributed by atoms with Crippen molar-refractivity contribution in [1.82, 2.24) is 9.88 Å². The Morgan fingerprint density at radius 2 is 2.00 bits per heavy atom. The maximum absolute atomic E-state index is 12.5. The van der Waals surface area contributed by atoms with Gasteiger partial charge in [0, 0.05) is 31.5 Å². The van der Waals surface area contributed by atoms with Gasteiger partial charge in [-0.2, -0.15) is 0 Å². The molecule has 0 spiro atoms. The van der Waals surface area contributed by atoms with Crippen LogP contribution in [0, 0.1) is 0 Å². The molecule has 1 atom stereocenters. The number of aliphatic hydroxyl groups is 1. The monoisotopic (exact) mass is 286 g/mol. The van der Waals surface area contributed by atoms with E-state index in [1.807, 2.05) is 30.3 Å². The molecule has 0 radical (unpaired) electrons. The highest BCUT2D eigenvalue weighted by molar-refractivity contribution is 5.94. The molecule has 0 bridgehead atoms. The molecule has 110 valence electrons. The van der Waals surface area contributed by atoms with Gasteiger partial charge in [0.05, 0.1) is 6.04 Å². The molecule has 1 aromatic heterocycles. The van der Waals surface area contributed by atoms with E-state index in [1.54, 1.807) is 18.0 Å². The third-order valence-corrected chi connectivity index (χ3v) is 3.40. The highest BCUT2D eigenvalue weighted by atomic mass is 16.3. The number of nitrogens with zero attached hydrogens (tertiary/aromatic N) is 1. The molecule has 0 fully saturated rings. The van der Waals surface area contributed by atoms with E-state index in [4.69, 9.17) is 0 Å². The minimum atomic E-state index is -0.312. The normalized spacial score (nSPS) is 11.9. The van der Waals surface area contributed by atoms with Crippen molar-refractivity contribution in [3.8, 4) is 0 Å². The van der Waals surface area contributed by atoms with Crippen LogP contribution in [0.15, 0.2) is 53.5 Å². The molecule has 21 heavy (non-hydrogen) atoms. The summed E-state index contributed by atoms with van der Waals surface area (Å²) in [5.41, 5.74) is 0.972. The summed E-state index contributed by atoms with van der Waals surface area (Å²) >= 11 is 0. The van der Waals surface area contributed by atoms with Crippen molar-refractivity contribution in [3.63, 3.8) is 0 Å². The van der Waals surface area contributed by atoms with Crippen molar-refractivity contribution in [2.24, 2.45) is 0 Å². The van der Waals surface area contributed by atoms with Crippen LogP contribution in [0.4, 0.5) is 0 Å². The molecular weight excluding hydrogens is 268 g/mol. The predicted molar refractivity (Wildman–Crippen MR) is 80.0 cm³/mol. The van der Waals surface area contributed by atoms with E-state index in [0.29, 0.717) is 12.0 Å². The molecule has 0 aliphatic carbocycles. The summed E-state index contributed by atoms with van der Waals surface area (Å²) in [6, 6.07) is 12.1. The number of aromatic nitrogens is 1. The Balaban J connectivity index is 2.28. The van der Waals surface area contributed by atoms with Gasteiger partial charge in [0.1, 0.15) is 0 Å². The second-order valence-electron chi connectivity index (χ2n) is 4.80. The number of carbonyl (C=O) groups is 1. The largest absolute Gasteiger partial charge is 0.396 e. The lowest BCUT2D eigenvalue weighted by Crippen LogP contribution is -2.32. The van der Waals surface area contributed by atoms with Crippen molar-refractivity contribution in [1.29, 1.82) is 0 Å². The lowest BCUT2D eigenvalue weighted by atomic mass is 10.0. The van der Waals surface area contributed by atoms with Gasteiger partial charge in [-0.05, 0) is 18.1 Å². The Morgan fingerprint density at radius 3 is 2.62 bits per heavy atom. The fourth-order valence-electron chi connectivity index (χ4n) is 2.30. The number of rotatable bonds is 5. The molecule has 0 saturated heterocycles. The zero-order chi connectivity index (χ0) is 15.2. The smallest absolute Gasteiger partial charge is 0.254 e. The maximum Gasteiger partial charge on any atom is 0.254 e. The summed E-state index contributed by atoms with van der Waals surface area (Å²) in [5, 5.41) is 9.25. The van der Waals surface area contributed by atoms with Crippen LogP contribution in [0.25, 0.3) is 0 Å². The van der Waals surface area contributed by atoms with Crippen molar-refractivity contribution < 1.29 is 9.90 Å². The van der Waals surface area contributed by atoms with E-state index < -0.39 is 0 Å². The predicted octanol–water partition coefficient (Wildman–Crippen LogP) is 1.57. The second kappa shape index (κ2) is 6.85. The second-order valence-corrected chi connectivity index (χ2v) is 4.80. The third-order valence-electron chi connectivity index (χ3n) is 3.40. The first-order valence-electron chi connectivity index (χ1n) is 6.75. The highest BCUT2D eigenvalue weighted by Crippen LogP contribution is 2.24. The number of aromatic amines is 1. The van der Waals surface area contributed by atoms with Crippen molar-refractivity contribution >= 4 is 5.91 Å². The number of H-pyrrole nitrogens is 1. The van der Waals surface area contributed by atoms with Crippen LogP contribution >= 0.6 is 0 Å². The van der Waals surface area contributed by atoms with Crippen molar-refractivity contribution in [3.05, 3.63) is 70.1 Å². The van der Waals surface area contributed by atoms with E-state index in [9.17, 15) is 14.7 Å². The standard InChI is InChI=1S/C16H18N2O3/c1-18(16(21)13-7-9-17-15(20)11-13)14(8-10-19)12-5-3-2-4-6-12/h2-7,9,11,14,19H,8,10H2,1H3,(H,17,20). The van der Waals surface area contributed by atoms with Crippen LogP contribution < -0.4 is 5.56 Å². The van der Waals surface area contributed by atoms with Crippen LogP contribution in [0.5, 0.6) is 0 Å². The fourth-order valence-corrected chi connectivity index (χ4v) is 2.30. The van der Waals surface area contributed by atoms with Crippen LogP contribution in [-0.2, 0) is 0 Å². The molecule has 1 amide bonds. The number of aliphatic hydroxyl groups excluding tert-OH is 1. The molecule has 0 aliphatic rings. The summed E-state index contributed by atoms with van der Waals surface area (Å²) in [6.07, 6.45) is 1.89. The Morgan fingerprint density at radius 1 is 1.29 bits per heavy atom. The number of nitrogens with one attached hydrogen (secondary N) is 1. The summed E-state index contributed by atoms with van der Waals surface area (Å²) in [7, 11) is 1.68. The summed E-state index contributed by atoms with van der Waals surface area (Å²) < 4.78 is 0.